The van der Waals surface area contributed by atoms with Crippen molar-refractivity contribution in [1.29, 1.82) is 0 Å². The van der Waals surface area contributed by atoms with Gasteiger partial charge in [-0.3, -0.25) is 0 Å². The summed E-state index contributed by atoms with van der Waals surface area (Å²) >= 11 is 0. The third-order valence-corrected chi connectivity index (χ3v) is 2.65. The van der Waals surface area contributed by atoms with Gasteiger partial charge >= 0.3 is 0 Å². The standard InChI is InChI=1S/C10H16N2O2/c1-6-7(2)14-10(12-6)5-13-9-3-8(11)4-9/h8-9H,3-5,11H2,1-2H3. The average Bonchev–Trinajstić information content (AvgIpc) is 2.39. The molecule has 1 aliphatic carbocycles. The predicted molar refractivity (Wildman–Crippen MR) is 51.8 cm³/mol. The molecule has 0 spiro atoms. The van der Waals surface area contributed by atoms with Crippen LogP contribution >= 0.6 is 0 Å². The molecule has 14 heavy (non-hydrogen) atoms. The zero-order chi connectivity index (χ0) is 10.1. The Bertz CT molecular complexity index is 296. The van der Waals surface area contributed by atoms with Crippen molar-refractivity contribution in [3.63, 3.8) is 0 Å². The van der Waals surface area contributed by atoms with E-state index in [9.17, 15) is 0 Å². The first kappa shape index (κ1) is 9.68. The van der Waals surface area contributed by atoms with Gasteiger partial charge in [0.15, 0.2) is 0 Å². The van der Waals surface area contributed by atoms with Crippen LogP contribution in [-0.2, 0) is 11.3 Å². The number of hydrogen-bond acceptors (Lipinski definition) is 4. The summed E-state index contributed by atoms with van der Waals surface area (Å²) in [5.41, 5.74) is 6.59. The lowest BCUT2D eigenvalue weighted by molar-refractivity contribution is -0.0272. The highest BCUT2D eigenvalue weighted by Gasteiger charge is 2.26. The van der Waals surface area contributed by atoms with Crippen molar-refractivity contribution in [2.45, 2.75) is 45.4 Å². The topological polar surface area (TPSA) is 61.3 Å². The summed E-state index contributed by atoms with van der Waals surface area (Å²) in [6, 6.07) is 0.327. The number of hydrogen-bond donors (Lipinski definition) is 1. The molecule has 0 saturated heterocycles. The van der Waals surface area contributed by atoms with Crippen LogP contribution in [0.25, 0.3) is 0 Å². The summed E-state index contributed by atoms with van der Waals surface area (Å²) in [6.07, 6.45) is 2.22. The Hall–Kier alpha value is -0.870. The zero-order valence-corrected chi connectivity index (χ0v) is 8.62. The monoisotopic (exact) mass is 196 g/mol. The summed E-state index contributed by atoms with van der Waals surface area (Å²) in [5, 5.41) is 0. The number of nitrogens with zero attached hydrogens (tertiary/aromatic N) is 1. The molecule has 0 bridgehead atoms. The minimum Gasteiger partial charge on any atom is -0.443 e. The van der Waals surface area contributed by atoms with E-state index in [0.717, 1.165) is 24.3 Å². The van der Waals surface area contributed by atoms with Gasteiger partial charge in [0.2, 0.25) is 5.89 Å². The predicted octanol–water partition coefficient (Wildman–Crippen LogP) is 1.30. The second-order valence-corrected chi connectivity index (χ2v) is 3.91. The van der Waals surface area contributed by atoms with Gasteiger partial charge in [-0.15, -0.1) is 0 Å². The van der Waals surface area contributed by atoms with Crippen LogP contribution in [0.1, 0.15) is 30.2 Å². The SMILES string of the molecule is Cc1nc(COC2CC(N)C2)oc1C. The Morgan fingerprint density at radius 1 is 1.50 bits per heavy atom. The minimum atomic E-state index is 0.303. The fourth-order valence-electron chi connectivity index (χ4n) is 1.53. The summed E-state index contributed by atoms with van der Waals surface area (Å²) in [5.74, 6) is 1.54. The maximum atomic E-state index is 5.65. The lowest BCUT2D eigenvalue weighted by Gasteiger charge is -2.31. The van der Waals surface area contributed by atoms with E-state index >= 15 is 0 Å². The number of oxazole rings is 1. The number of nitrogens with two attached hydrogens (primary N) is 1. The molecule has 4 heteroatoms. The van der Waals surface area contributed by atoms with Gasteiger partial charge in [0.25, 0.3) is 0 Å². The lowest BCUT2D eigenvalue weighted by Crippen LogP contribution is -2.41. The van der Waals surface area contributed by atoms with Crippen molar-refractivity contribution in [1.82, 2.24) is 4.98 Å². The Kier molecular flexibility index (Phi) is 2.56. The van der Waals surface area contributed by atoms with Crippen LogP contribution in [0.5, 0.6) is 0 Å². The van der Waals surface area contributed by atoms with Crippen LogP contribution in [-0.4, -0.2) is 17.1 Å². The van der Waals surface area contributed by atoms with E-state index in [4.69, 9.17) is 14.9 Å². The minimum absolute atomic E-state index is 0.303. The zero-order valence-electron chi connectivity index (χ0n) is 8.62. The Morgan fingerprint density at radius 2 is 2.21 bits per heavy atom. The highest BCUT2D eigenvalue weighted by atomic mass is 16.5. The molecule has 1 fully saturated rings. The van der Waals surface area contributed by atoms with Crippen molar-refractivity contribution in [2.75, 3.05) is 0 Å². The molecule has 1 aromatic heterocycles. The van der Waals surface area contributed by atoms with Crippen LogP contribution in [0.4, 0.5) is 0 Å². The van der Waals surface area contributed by atoms with Gasteiger partial charge in [-0.2, -0.15) is 0 Å². The molecule has 78 valence electrons. The van der Waals surface area contributed by atoms with E-state index in [1.165, 1.54) is 0 Å². The summed E-state index contributed by atoms with van der Waals surface area (Å²) in [6.45, 7) is 4.30. The molecule has 1 aliphatic rings. The number of aromatic nitrogens is 1. The van der Waals surface area contributed by atoms with Gasteiger partial charge < -0.3 is 14.9 Å². The molecule has 1 saturated carbocycles. The maximum absolute atomic E-state index is 5.65. The molecule has 0 amide bonds. The van der Waals surface area contributed by atoms with E-state index in [1.54, 1.807) is 0 Å². The van der Waals surface area contributed by atoms with Gasteiger partial charge in [-0.25, -0.2) is 4.98 Å². The van der Waals surface area contributed by atoms with E-state index in [1.807, 2.05) is 13.8 Å². The lowest BCUT2D eigenvalue weighted by atomic mass is 9.90. The second-order valence-electron chi connectivity index (χ2n) is 3.91. The van der Waals surface area contributed by atoms with Gasteiger partial charge in [-0.05, 0) is 26.7 Å². The molecule has 0 unspecified atom stereocenters. The van der Waals surface area contributed by atoms with Crippen LogP contribution in [0.15, 0.2) is 4.42 Å². The molecular weight excluding hydrogens is 180 g/mol. The normalized spacial score (nSPS) is 26.2. The van der Waals surface area contributed by atoms with Crippen molar-refractivity contribution < 1.29 is 9.15 Å². The van der Waals surface area contributed by atoms with Crippen molar-refractivity contribution in [3.8, 4) is 0 Å². The highest BCUT2D eigenvalue weighted by molar-refractivity contribution is 5.04. The fraction of sp³-hybridized carbons (Fsp3) is 0.700. The van der Waals surface area contributed by atoms with E-state index in [2.05, 4.69) is 4.98 Å². The van der Waals surface area contributed by atoms with Crippen molar-refractivity contribution in [3.05, 3.63) is 17.3 Å². The summed E-state index contributed by atoms with van der Waals surface area (Å²) in [7, 11) is 0. The smallest absolute Gasteiger partial charge is 0.220 e. The quantitative estimate of drug-likeness (QED) is 0.791. The average molecular weight is 196 g/mol. The molecule has 0 aliphatic heterocycles. The molecule has 2 N–H and O–H groups in total. The maximum Gasteiger partial charge on any atom is 0.220 e. The van der Waals surface area contributed by atoms with Crippen molar-refractivity contribution >= 4 is 0 Å². The number of ether oxygens (including phenoxy) is 1. The van der Waals surface area contributed by atoms with Crippen molar-refractivity contribution in [2.24, 2.45) is 5.73 Å². The molecule has 1 aromatic rings. The van der Waals surface area contributed by atoms with Gasteiger partial charge in [-0.1, -0.05) is 0 Å². The molecule has 0 aromatic carbocycles. The molecular formula is C10H16N2O2. The third-order valence-electron chi connectivity index (χ3n) is 2.65. The van der Waals surface area contributed by atoms with Gasteiger partial charge in [0.1, 0.15) is 12.4 Å². The highest BCUT2D eigenvalue weighted by Crippen LogP contribution is 2.22. The largest absolute Gasteiger partial charge is 0.443 e. The van der Waals surface area contributed by atoms with Crippen LogP contribution in [0.2, 0.25) is 0 Å². The Morgan fingerprint density at radius 3 is 2.71 bits per heavy atom. The van der Waals surface area contributed by atoms with Crippen LogP contribution < -0.4 is 5.73 Å². The molecule has 2 rings (SSSR count). The molecule has 0 radical (unpaired) electrons. The summed E-state index contributed by atoms with van der Waals surface area (Å²) < 4.78 is 11.0. The first-order valence-corrected chi connectivity index (χ1v) is 4.95. The molecule has 0 atom stereocenters. The Balaban J connectivity index is 1.80. The van der Waals surface area contributed by atoms with E-state index in [-0.39, 0.29) is 0 Å². The number of aryl methyl sites for hydroxylation is 2. The van der Waals surface area contributed by atoms with E-state index in [0.29, 0.717) is 24.6 Å². The van der Waals surface area contributed by atoms with Crippen LogP contribution in [0.3, 0.4) is 0 Å². The molecule has 1 heterocycles. The van der Waals surface area contributed by atoms with Gasteiger partial charge in [0, 0.05) is 6.04 Å². The molecule has 4 nitrogen and oxygen atoms in total. The first-order valence-electron chi connectivity index (χ1n) is 4.95. The van der Waals surface area contributed by atoms with Gasteiger partial charge in [0.05, 0.1) is 11.8 Å². The number of rotatable bonds is 3. The Labute approximate surface area is 83.4 Å². The van der Waals surface area contributed by atoms with Crippen LogP contribution in [0, 0.1) is 13.8 Å². The van der Waals surface area contributed by atoms with E-state index < -0.39 is 0 Å². The fourth-order valence-corrected chi connectivity index (χ4v) is 1.53. The summed E-state index contributed by atoms with van der Waals surface area (Å²) in [4.78, 5) is 4.24. The third kappa shape index (κ3) is 1.96. The second kappa shape index (κ2) is 3.71. The first-order chi connectivity index (χ1) is 6.65.